The Morgan fingerprint density at radius 3 is 3.04 bits per heavy atom. The van der Waals surface area contributed by atoms with Crippen LogP contribution < -0.4 is 5.32 Å². The standard InChI is InChI=1S/C17H12FN5OS/c18-12-3-1-2-11(6-12)14-8-23-15(9-25-17(23)22-14)16(24)20-7-13-4-5-19-10-21-13/h1-6,8-10H,7H2,(H,20,24). The molecule has 0 atom stereocenters. The van der Waals surface area contributed by atoms with Crippen molar-refractivity contribution in [2.24, 2.45) is 0 Å². The Morgan fingerprint density at radius 2 is 2.24 bits per heavy atom. The number of fused-ring (bicyclic) bond motifs is 1. The number of nitrogens with zero attached hydrogens (tertiary/aromatic N) is 4. The summed E-state index contributed by atoms with van der Waals surface area (Å²) in [5.41, 5.74) is 2.49. The van der Waals surface area contributed by atoms with Crippen molar-refractivity contribution in [2.75, 3.05) is 0 Å². The van der Waals surface area contributed by atoms with Crippen molar-refractivity contribution < 1.29 is 9.18 Å². The summed E-state index contributed by atoms with van der Waals surface area (Å²) in [5.74, 6) is -0.551. The molecule has 25 heavy (non-hydrogen) atoms. The van der Waals surface area contributed by atoms with Crippen LogP contribution in [-0.2, 0) is 6.54 Å². The summed E-state index contributed by atoms with van der Waals surface area (Å²) in [5, 5.41) is 4.56. The summed E-state index contributed by atoms with van der Waals surface area (Å²) < 4.78 is 15.1. The van der Waals surface area contributed by atoms with Crippen LogP contribution in [0.2, 0.25) is 0 Å². The van der Waals surface area contributed by atoms with E-state index < -0.39 is 0 Å². The summed E-state index contributed by atoms with van der Waals surface area (Å²) in [6.45, 7) is 0.310. The maximum Gasteiger partial charge on any atom is 0.269 e. The Bertz CT molecular complexity index is 1040. The molecule has 1 aromatic carbocycles. The van der Waals surface area contributed by atoms with Crippen molar-refractivity contribution >= 4 is 22.2 Å². The fraction of sp³-hybridized carbons (Fsp3) is 0.0588. The molecule has 1 amide bonds. The monoisotopic (exact) mass is 353 g/mol. The molecule has 124 valence electrons. The van der Waals surface area contributed by atoms with Crippen molar-refractivity contribution in [1.29, 1.82) is 0 Å². The number of halogens is 1. The maximum atomic E-state index is 13.4. The highest BCUT2D eigenvalue weighted by Crippen LogP contribution is 2.24. The average Bonchev–Trinajstić information content (AvgIpc) is 3.21. The lowest BCUT2D eigenvalue weighted by Gasteiger charge is -2.03. The van der Waals surface area contributed by atoms with Crippen LogP contribution in [0.5, 0.6) is 0 Å². The Kier molecular flexibility index (Phi) is 3.95. The quantitative estimate of drug-likeness (QED) is 0.612. The minimum absolute atomic E-state index is 0.229. The zero-order valence-electron chi connectivity index (χ0n) is 12.9. The first-order chi connectivity index (χ1) is 12.2. The van der Waals surface area contributed by atoms with Crippen LogP contribution >= 0.6 is 11.3 Å². The molecule has 0 aliphatic rings. The second-order valence-corrected chi connectivity index (χ2v) is 6.13. The fourth-order valence-corrected chi connectivity index (χ4v) is 3.27. The molecule has 6 nitrogen and oxygen atoms in total. The number of nitrogens with one attached hydrogen (secondary N) is 1. The van der Waals surface area contributed by atoms with E-state index in [0.717, 1.165) is 5.69 Å². The van der Waals surface area contributed by atoms with Gasteiger partial charge < -0.3 is 5.32 Å². The smallest absolute Gasteiger partial charge is 0.269 e. The average molecular weight is 353 g/mol. The molecule has 0 radical (unpaired) electrons. The normalized spacial score (nSPS) is 10.9. The third kappa shape index (κ3) is 3.11. The summed E-state index contributed by atoms with van der Waals surface area (Å²) in [6, 6.07) is 7.95. The van der Waals surface area contributed by atoms with Gasteiger partial charge in [0.15, 0.2) is 4.96 Å². The number of imidazole rings is 1. The Morgan fingerprint density at radius 1 is 1.32 bits per heavy atom. The molecule has 0 saturated carbocycles. The van der Waals surface area contributed by atoms with Gasteiger partial charge in [0.2, 0.25) is 0 Å². The second kappa shape index (κ2) is 6.40. The number of rotatable bonds is 4. The molecule has 3 aromatic heterocycles. The highest BCUT2D eigenvalue weighted by Gasteiger charge is 2.15. The molecule has 0 aliphatic carbocycles. The minimum atomic E-state index is -0.323. The van der Waals surface area contributed by atoms with Gasteiger partial charge >= 0.3 is 0 Å². The van der Waals surface area contributed by atoms with Gasteiger partial charge in [-0.15, -0.1) is 11.3 Å². The third-order valence-corrected chi connectivity index (χ3v) is 4.48. The molecule has 0 spiro atoms. The van der Waals surface area contributed by atoms with E-state index in [1.165, 1.54) is 29.8 Å². The number of benzene rings is 1. The van der Waals surface area contributed by atoms with Crippen molar-refractivity contribution in [3.8, 4) is 11.3 Å². The second-order valence-electron chi connectivity index (χ2n) is 5.29. The van der Waals surface area contributed by atoms with Crippen molar-refractivity contribution in [1.82, 2.24) is 24.7 Å². The first-order valence-corrected chi connectivity index (χ1v) is 8.34. The van der Waals surface area contributed by atoms with Gasteiger partial charge in [-0.25, -0.2) is 19.3 Å². The Labute approximate surface area is 146 Å². The number of amides is 1. The first-order valence-electron chi connectivity index (χ1n) is 7.46. The van der Waals surface area contributed by atoms with E-state index in [1.54, 1.807) is 40.4 Å². The van der Waals surface area contributed by atoms with Gasteiger partial charge in [-0.2, -0.15) is 0 Å². The Hall–Kier alpha value is -3.13. The number of thiazole rings is 1. The van der Waals surface area contributed by atoms with E-state index in [1.807, 2.05) is 0 Å². The van der Waals surface area contributed by atoms with Gasteiger partial charge in [0.1, 0.15) is 17.8 Å². The van der Waals surface area contributed by atoms with E-state index in [4.69, 9.17) is 0 Å². The number of hydrogen-bond donors (Lipinski definition) is 1. The van der Waals surface area contributed by atoms with Crippen LogP contribution in [0.25, 0.3) is 16.2 Å². The minimum Gasteiger partial charge on any atom is -0.345 e. The fourth-order valence-electron chi connectivity index (χ4n) is 2.42. The predicted octanol–water partition coefficient (Wildman–Crippen LogP) is 2.92. The zero-order valence-corrected chi connectivity index (χ0v) is 13.7. The van der Waals surface area contributed by atoms with Crippen molar-refractivity contribution in [3.05, 3.63) is 71.6 Å². The lowest BCUT2D eigenvalue weighted by molar-refractivity contribution is 0.0945. The predicted molar refractivity (Wildman–Crippen MR) is 91.7 cm³/mol. The van der Waals surface area contributed by atoms with Crippen molar-refractivity contribution in [2.45, 2.75) is 6.54 Å². The van der Waals surface area contributed by atoms with Crippen LogP contribution in [0.4, 0.5) is 4.39 Å². The van der Waals surface area contributed by atoms with Gasteiger partial charge in [0.25, 0.3) is 5.91 Å². The molecule has 0 fully saturated rings. The highest BCUT2D eigenvalue weighted by molar-refractivity contribution is 7.15. The molecule has 0 aliphatic heterocycles. The summed E-state index contributed by atoms with van der Waals surface area (Å²) >= 11 is 1.36. The summed E-state index contributed by atoms with van der Waals surface area (Å²) in [7, 11) is 0. The van der Waals surface area contributed by atoms with Gasteiger partial charge in [-0.3, -0.25) is 9.20 Å². The molecular weight excluding hydrogens is 341 g/mol. The van der Waals surface area contributed by atoms with Gasteiger partial charge in [-0.05, 0) is 18.2 Å². The molecular formula is C17H12FN5OS. The van der Waals surface area contributed by atoms with Gasteiger partial charge in [0.05, 0.1) is 17.9 Å². The van der Waals surface area contributed by atoms with E-state index in [0.29, 0.717) is 28.5 Å². The molecule has 0 saturated heterocycles. The van der Waals surface area contributed by atoms with E-state index in [-0.39, 0.29) is 11.7 Å². The van der Waals surface area contributed by atoms with Crippen LogP contribution in [0.3, 0.4) is 0 Å². The summed E-state index contributed by atoms with van der Waals surface area (Å²) in [6.07, 6.45) is 4.80. The van der Waals surface area contributed by atoms with Gasteiger partial charge in [-0.1, -0.05) is 12.1 Å². The lowest BCUT2D eigenvalue weighted by Crippen LogP contribution is -2.24. The molecule has 3 heterocycles. The van der Waals surface area contributed by atoms with Crippen LogP contribution in [0.15, 0.2) is 54.4 Å². The van der Waals surface area contributed by atoms with Gasteiger partial charge in [0, 0.05) is 23.3 Å². The number of carbonyl (C=O) groups excluding carboxylic acids is 1. The number of aromatic nitrogens is 4. The zero-order chi connectivity index (χ0) is 17.2. The number of carbonyl (C=O) groups is 1. The summed E-state index contributed by atoms with van der Waals surface area (Å²) in [4.78, 5) is 25.5. The molecule has 4 rings (SSSR count). The number of hydrogen-bond acceptors (Lipinski definition) is 5. The van der Waals surface area contributed by atoms with E-state index in [9.17, 15) is 9.18 Å². The lowest BCUT2D eigenvalue weighted by atomic mass is 10.2. The molecule has 1 N–H and O–H groups in total. The van der Waals surface area contributed by atoms with Crippen molar-refractivity contribution in [3.63, 3.8) is 0 Å². The van der Waals surface area contributed by atoms with E-state index >= 15 is 0 Å². The SMILES string of the molecule is O=C(NCc1ccncn1)c1csc2nc(-c3cccc(F)c3)cn12. The van der Waals surface area contributed by atoms with E-state index in [2.05, 4.69) is 20.3 Å². The highest BCUT2D eigenvalue weighted by atomic mass is 32.1. The molecule has 0 bridgehead atoms. The molecule has 4 aromatic rings. The van der Waals surface area contributed by atoms with Crippen LogP contribution in [0.1, 0.15) is 16.2 Å². The largest absolute Gasteiger partial charge is 0.345 e. The van der Waals surface area contributed by atoms with Crippen LogP contribution in [-0.4, -0.2) is 25.3 Å². The first kappa shape index (κ1) is 15.4. The molecule has 8 heteroatoms. The molecule has 0 unspecified atom stereocenters. The third-order valence-electron chi connectivity index (χ3n) is 3.64. The topological polar surface area (TPSA) is 72.2 Å². The maximum absolute atomic E-state index is 13.4. The Balaban J connectivity index is 1.59. The van der Waals surface area contributed by atoms with Crippen LogP contribution in [0, 0.1) is 5.82 Å².